The Morgan fingerprint density at radius 2 is 1.67 bits per heavy atom. The first-order chi connectivity index (χ1) is 7.07. The number of nitrogens with one attached hydrogen (secondary N) is 1. The van der Waals surface area contributed by atoms with Crippen LogP contribution < -0.4 is 0 Å². The van der Waals surface area contributed by atoms with Crippen molar-refractivity contribution in [2.45, 2.75) is 26.2 Å². The zero-order valence-electron chi connectivity index (χ0n) is 9.41. The van der Waals surface area contributed by atoms with E-state index < -0.39 is 0 Å². The average molecular weight is 200 g/mol. The lowest BCUT2D eigenvalue weighted by Crippen LogP contribution is -2.10. The van der Waals surface area contributed by atoms with Crippen LogP contribution in [0.3, 0.4) is 0 Å². The van der Waals surface area contributed by atoms with E-state index in [2.05, 4.69) is 55.2 Å². The summed E-state index contributed by atoms with van der Waals surface area (Å²) in [4.78, 5) is 0. The van der Waals surface area contributed by atoms with Gasteiger partial charge in [-0.25, -0.2) is 0 Å². The van der Waals surface area contributed by atoms with Gasteiger partial charge in [0.2, 0.25) is 0 Å². The van der Waals surface area contributed by atoms with Gasteiger partial charge in [-0.2, -0.15) is 5.10 Å². The number of benzene rings is 1. The van der Waals surface area contributed by atoms with Crippen LogP contribution in [-0.4, -0.2) is 10.2 Å². The Labute approximate surface area is 90.3 Å². The lowest BCUT2D eigenvalue weighted by atomic mass is 9.86. The van der Waals surface area contributed by atoms with Gasteiger partial charge in [-0.05, 0) is 16.5 Å². The highest BCUT2D eigenvalue weighted by Crippen LogP contribution is 2.25. The molecule has 0 saturated carbocycles. The molecule has 15 heavy (non-hydrogen) atoms. The number of hydrogen-bond acceptors (Lipinski definition) is 1. The third-order valence-electron chi connectivity index (χ3n) is 2.58. The average Bonchev–Trinajstić information content (AvgIpc) is 2.69. The highest BCUT2D eigenvalue weighted by atomic mass is 15.1. The van der Waals surface area contributed by atoms with Crippen LogP contribution in [0.2, 0.25) is 0 Å². The molecule has 2 rings (SSSR count). The molecule has 0 atom stereocenters. The number of aromatic nitrogens is 2. The summed E-state index contributed by atoms with van der Waals surface area (Å²) in [7, 11) is 0. The van der Waals surface area contributed by atoms with Crippen molar-refractivity contribution >= 4 is 0 Å². The Bertz CT molecular complexity index is 419. The minimum Gasteiger partial charge on any atom is -0.285 e. The lowest BCUT2D eigenvalue weighted by molar-refractivity contribution is 0.590. The van der Waals surface area contributed by atoms with Crippen molar-refractivity contribution in [1.82, 2.24) is 10.2 Å². The topological polar surface area (TPSA) is 28.7 Å². The number of hydrogen-bond donors (Lipinski definition) is 1. The van der Waals surface area contributed by atoms with Gasteiger partial charge in [0.15, 0.2) is 0 Å². The predicted molar refractivity (Wildman–Crippen MR) is 62.7 cm³/mol. The molecule has 2 aromatic rings. The second kappa shape index (κ2) is 3.54. The predicted octanol–water partition coefficient (Wildman–Crippen LogP) is 3.37. The molecular formula is C13H16N2. The van der Waals surface area contributed by atoms with Gasteiger partial charge in [-0.1, -0.05) is 45.0 Å². The Hall–Kier alpha value is -1.57. The summed E-state index contributed by atoms with van der Waals surface area (Å²) in [5.41, 5.74) is 3.91. The fourth-order valence-electron chi connectivity index (χ4n) is 1.57. The van der Waals surface area contributed by atoms with Gasteiger partial charge in [0.1, 0.15) is 0 Å². The molecule has 0 radical (unpaired) electrons. The monoisotopic (exact) mass is 200 g/mol. The number of H-pyrrole nitrogens is 1. The van der Waals surface area contributed by atoms with Crippen LogP contribution in [0.25, 0.3) is 11.1 Å². The maximum Gasteiger partial charge on any atom is 0.0565 e. The SMILES string of the molecule is CC(C)(C)c1ccc(-c2cn[nH]c2)cc1. The molecule has 78 valence electrons. The first-order valence-corrected chi connectivity index (χ1v) is 5.17. The summed E-state index contributed by atoms with van der Waals surface area (Å²) in [6.07, 6.45) is 3.75. The minimum atomic E-state index is 0.217. The molecule has 0 fully saturated rings. The van der Waals surface area contributed by atoms with E-state index in [1.165, 1.54) is 11.1 Å². The van der Waals surface area contributed by atoms with Crippen molar-refractivity contribution < 1.29 is 0 Å². The number of rotatable bonds is 1. The Morgan fingerprint density at radius 1 is 1.00 bits per heavy atom. The van der Waals surface area contributed by atoms with Gasteiger partial charge in [0, 0.05) is 11.8 Å². The van der Waals surface area contributed by atoms with E-state index in [-0.39, 0.29) is 5.41 Å². The van der Waals surface area contributed by atoms with E-state index >= 15 is 0 Å². The zero-order valence-corrected chi connectivity index (χ0v) is 9.41. The minimum absolute atomic E-state index is 0.217. The van der Waals surface area contributed by atoms with Crippen molar-refractivity contribution in [3.8, 4) is 11.1 Å². The van der Waals surface area contributed by atoms with Crippen LogP contribution in [0.5, 0.6) is 0 Å². The summed E-state index contributed by atoms with van der Waals surface area (Å²) >= 11 is 0. The van der Waals surface area contributed by atoms with Crippen LogP contribution >= 0.6 is 0 Å². The van der Waals surface area contributed by atoms with Crippen molar-refractivity contribution in [2.24, 2.45) is 0 Å². The highest BCUT2D eigenvalue weighted by Gasteiger charge is 2.12. The van der Waals surface area contributed by atoms with Gasteiger partial charge in [0.05, 0.1) is 6.20 Å². The Balaban J connectivity index is 2.33. The molecule has 2 nitrogen and oxygen atoms in total. The number of aromatic amines is 1. The molecule has 1 N–H and O–H groups in total. The Kier molecular flexibility index (Phi) is 2.35. The fraction of sp³-hybridized carbons (Fsp3) is 0.308. The van der Waals surface area contributed by atoms with Crippen LogP contribution in [0.15, 0.2) is 36.7 Å². The first kappa shape index (κ1) is 9.97. The third kappa shape index (κ3) is 2.09. The van der Waals surface area contributed by atoms with Gasteiger partial charge < -0.3 is 0 Å². The maximum absolute atomic E-state index is 3.94. The van der Waals surface area contributed by atoms with E-state index in [0.717, 1.165) is 5.56 Å². The zero-order chi connectivity index (χ0) is 10.9. The summed E-state index contributed by atoms with van der Waals surface area (Å²) < 4.78 is 0. The van der Waals surface area contributed by atoms with Crippen LogP contribution in [0.1, 0.15) is 26.3 Å². The summed E-state index contributed by atoms with van der Waals surface area (Å²) in [6.45, 7) is 6.67. The lowest BCUT2D eigenvalue weighted by Gasteiger charge is -2.18. The molecule has 0 bridgehead atoms. The summed E-state index contributed by atoms with van der Waals surface area (Å²) in [5.74, 6) is 0. The Morgan fingerprint density at radius 3 is 2.13 bits per heavy atom. The molecule has 1 aromatic heterocycles. The third-order valence-corrected chi connectivity index (χ3v) is 2.58. The molecule has 0 aliphatic heterocycles. The van der Waals surface area contributed by atoms with Crippen molar-refractivity contribution in [3.63, 3.8) is 0 Å². The maximum atomic E-state index is 3.94. The van der Waals surface area contributed by atoms with E-state index in [0.29, 0.717) is 0 Å². The van der Waals surface area contributed by atoms with E-state index in [9.17, 15) is 0 Å². The van der Waals surface area contributed by atoms with Crippen molar-refractivity contribution in [1.29, 1.82) is 0 Å². The van der Waals surface area contributed by atoms with Crippen LogP contribution in [-0.2, 0) is 5.41 Å². The quantitative estimate of drug-likeness (QED) is 0.751. The number of nitrogens with zero attached hydrogens (tertiary/aromatic N) is 1. The molecule has 0 spiro atoms. The van der Waals surface area contributed by atoms with Gasteiger partial charge in [0.25, 0.3) is 0 Å². The largest absolute Gasteiger partial charge is 0.285 e. The van der Waals surface area contributed by atoms with E-state index in [1.807, 2.05) is 12.4 Å². The molecule has 0 saturated heterocycles. The highest BCUT2D eigenvalue weighted by molar-refractivity contribution is 5.61. The second-order valence-electron chi connectivity index (χ2n) is 4.81. The summed E-state index contributed by atoms with van der Waals surface area (Å²) in [5, 5.41) is 6.77. The fourth-order valence-corrected chi connectivity index (χ4v) is 1.57. The molecule has 0 unspecified atom stereocenters. The van der Waals surface area contributed by atoms with Crippen molar-refractivity contribution in [3.05, 3.63) is 42.2 Å². The molecule has 0 aliphatic carbocycles. The molecule has 0 aliphatic rings. The molecular weight excluding hydrogens is 184 g/mol. The van der Waals surface area contributed by atoms with Crippen molar-refractivity contribution in [2.75, 3.05) is 0 Å². The van der Waals surface area contributed by atoms with E-state index in [4.69, 9.17) is 0 Å². The van der Waals surface area contributed by atoms with E-state index in [1.54, 1.807) is 0 Å². The molecule has 2 heteroatoms. The molecule has 0 amide bonds. The smallest absolute Gasteiger partial charge is 0.0565 e. The van der Waals surface area contributed by atoms with Gasteiger partial charge in [-0.3, -0.25) is 5.10 Å². The van der Waals surface area contributed by atoms with Crippen LogP contribution in [0, 0.1) is 0 Å². The first-order valence-electron chi connectivity index (χ1n) is 5.17. The standard InChI is InChI=1S/C13H16N2/c1-13(2,3)12-6-4-10(5-7-12)11-8-14-15-9-11/h4-9H,1-3H3,(H,14,15). The molecule has 1 aromatic carbocycles. The van der Waals surface area contributed by atoms with Gasteiger partial charge in [-0.15, -0.1) is 0 Å². The second-order valence-corrected chi connectivity index (χ2v) is 4.81. The summed E-state index contributed by atoms with van der Waals surface area (Å²) in [6, 6.07) is 8.65. The molecule has 1 heterocycles. The van der Waals surface area contributed by atoms with Crippen LogP contribution in [0.4, 0.5) is 0 Å². The normalized spacial score (nSPS) is 11.7. The van der Waals surface area contributed by atoms with Gasteiger partial charge >= 0.3 is 0 Å².